The Labute approximate surface area is 61.2 Å². The molecule has 2 rings (SSSR count). The minimum Gasteiger partial charge on any atom is -0.0766 e. The van der Waals surface area contributed by atoms with Gasteiger partial charge in [0.05, 0.1) is 0 Å². The first-order valence-corrected chi connectivity index (χ1v) is 3.46. The van der Waals surface area contributed by atoms with Gasteiger partial charge < -0.3 is 0 Å². The van der Waals surface area contributed by atoms with Gasteiger partial charge in [-0.3, -0.25) is 0 Å². The Bertz CT molecular complexity index is 282. The van der Waals surface area contributed by atoms with Crippen LogP contribution in [0.4, 0.5) is 0 Å². The number of hydrogen-bond acceptors (Lipinski definition) is 0. The van der Waals surface area contributed by atoms with Crippen molar-refractivity contribution in [3.63, 3.8) is 0 Å². The van der Waals surface area contributed by atoms with Crippen LogP contribution >= 0.6 is 0 Å². The van der Waals surface area contributed by atoms with E-state index in [1.54, 1.807) is 0 Å². The fourth-order valence-corrected chi connectivity index (χ4v) is 1.32. The largest absolute Gasteiger partial charge is 0.0766 e. The Kier molecular flexibility index (Phi) is 1.13. The zero-order valence-corrected chi connectivity index (χ0v) is 5.94. The van der Waals surface area contributed by atoms with Crippen molar-refractivity contribution in [2.75, 3.05) is 0 Å². The molecule has 0 unspecified atom stereocenters. The summed E-state index contributed by atoms with van der Waals surface area (Å²) in [4.78, 5) is 0. The van der Waals surface area contributed by atoms with E-state index < -0.39 is 0 Å². The highest BCUT2D eigenvalue weighted by Gasteiger charge is 2.07. The van der Waals surface area contributed by atoms with Crippen molar-refractivity contribution in [2.45, 2.75) is 13.3 Å². The lowest BCUT2D eigenvalue weighted by Gasteiger charge is -1.96. The van der Waals surface area contributed by atoms with Crippen LogP contribution in [0.25, 0.3) is 5.57 Å². The topological polar surface area (TPSA) is 0 Å². The van der Waals surface area contributed by atoms with E-state index in [1.807, 2.05) is 12.1 Å². The molecule has 0 atom stereocenters. The molecule has 0 saturated heterocycles. The second-order valence-corrected chi connectivity index (χ2v) is 2.61. The lowest BCUT2D eigenvalue weighted by Crippen LogP contribution is -1.80. The molecule has 0 aliphatic heterocycles. The third-order valence-corrected chi connectivity index (χ3v) is 1.95. The number of hydrogen-bond donors (Lipinski definition) is 0. The highest BCUT2D eigenvalue weighted by atomic mass is 14.1. The average Bonchev–Trinajstić information content (AvgIpc) is 2.34. The molecule has 0 saturated carbocycles. The van der Waals surface area contributed by atoms with Crippen LogP contribution in [0, 0.1) is 12.1 Å². The molecule has 0 aromatic heterocycles. The highest BCUT2D eigenvalue weighted by Crippen LogP contribution is 2.25. The number of benzene rings is 1. The van der Waals surface area contributed by atoms with Gasteiger partial charge in [0.15, 0.2) is 0 Å². The molecule has 0 nitrogen and oxygen atoms in total. The van der Waals surface area contributed by atoms with Crippen molar-refractivity contribution in [1.82, 2.24) is 0 Å². The molecular weight excluding hydrogens is 120 g/mol. The maximum Gasteiger partial charge on any atom is -0.00852 e. The van der Waals surface area contributed by atoms with Gasteiger partial charge in [-0.15, -0.1) is 0 Å². The van der Waals surface area contributed by atoms with Crippen LogP contribution < -0.4 is 0 Å². The predicted octanol–water partition coefficient (Wildman–Crippen LogP) is 2.25. The van der Waals surface area contributed by atoms with E-state index in [2.05, 4.69) is 25.1 Å². The molecule has 0 amide bonds. The van der Waals surface area contributed by atoms with Crippen LogP contribution in [0.3, 0.4) is 0 Å². The third-order valence-electron chi connectivity index (χ3n) is 1.95. The molecule has 1 aromatic rings. The van der Waals surface area contributed by atoms with Crippen molar-refractivity contribution < 1.29 is 0 Å². The Morgan fingerprint density at radius 2 is 2.10 bits per heavy atom. The molecule has 0 heteroatoms. The van der Waals surface area contributed by atoms with E-state index in [4.69, 9.17) is 0 Å². The predicted molar refractivity (Wildman–Crippen MR) is 41.5 cm³/mol. The van der Waals surface area contributed by atoms with E-state index in [0.717, 1.165) is 6.42 Å². The molecule has 0 spiro atoms. The Morgan fingerprint density at radius 3 is 2.90 bits per heavy atom. The standard InChI is InChI=1S/C10H8/c1-8-6-7-9-4-2-3-5-10(8)9/h4-6H,7H2,1H3. The molecule has 1 aliphatic rings. The van der Waals surface area contributed by atoms with E-state index in [1.165, 1.54) is 16.7 Å². The lowest BCUT2D eigenvalue weighted by atomic mass is 10.1. The molecule has 0 bridgehead atoms. The number of fused-ring (bicyclic) bond motifs is 1. The molecule has 10 heavy (non-hydrogen) atoms. The van der Waals surface area contributed by atoms with Gasteiger partial charge in [-0.2, -0.15) is 0 Å². The zero-order chi connectivity index (χ0) is 6.97. The number of rotatable bonds is 0. The summed E-state index contributed by atoms with van der Waals surface area (Å²) in [6, 6.07) is 9.94. The fraction of sp³-hybridized carbons (Fsp3) is 0.200. The molecule has 1 aliphatic carbocycles. The second-order valence-electron chi connectivity index (χ2n) is 2.61. The Morgan fingerprint density at radius 1 is 1.30 bits per heavy atom. The first-order chi connectivity index (χ1) is 4.88. The van der Waals surface area contributed by atoms with Crippen molar-refractivity contribution >= 4 is 5.57 Å². The van der Waals surface area contributed by atoms with Crippen LogP contribution in [0.5, 0.6) is 0 Å². The smallest absolute Gasteiger partial charge is 0.00852 e. The van der Waals surface area contributed by atoms with Crippen LogP contribution in [-0.2, 0) is 6.42 Å². The van der Waals surface area contributed by atoms with Crippen LogP contribution in [-0.4, -0.2) is 0 Å². The van der Waals surface area contributed by atoms with Gasteiger partial charge in [0.2, 0.25) is 0 Å². The quantitative estimate of drug-likeness (QED) is 0.502. The summed E-state index contributed by atoms with van der Waals surface area (Å²) in [6.45, 7) is 2.14. The Hall–Kier alpha value is -1.04. The van der Waals surface area contributed by atoms with Gasteiger partial charge in [-0.25, -0.2) is 0 Å². The molecule has 1 aromatic carbocycles. The first kappa shape index (κ1) is 5.72. The van der Waals surface area contributed by atoms with Crippen LogP contribution in [0.1, 0.15) is 18.1 Å². The zero-order valence-electron chi connectivity index (χ0n) is 5.94. The van der Waals surface area contributed by atoms with Crippen LogP contribution in [0.15, 0.2) is 18.2 Å². The maximum absolute atomic E-state index is 2.96. The van der Waals surface area contributed by atoms with Gasteiger partial charge >= 0.3 is 0 Å². The number of allylic oxidation sites excluding steroid dienone is 2. The van der Waals surface area contributed by atoms with Crippen molar-refractivity contribution in [2.24, 2.45) is 0 Å². The molecule has 0 fully saturated rings. The molecular formula is C10H8. The molecule has 0 heterocycles. The minimum atomic E-state index is 1.08. The van der Waals surface area contributed by atoms with E-state index in [-0.39, 0.29) is 0 Å². The molecule has 48 valence electrons. The van der Waals surface area contributed by atoms with Gasteiger partial charge in [-0.1, -0.05) is 6.08 Å². The highest BCUT2D eigenvalue weighted by molar-refractivity contribution is 5.70. The maximum atomic E-state index is 2.96. The van der Waals surface area contributed by atoms with Gasteiger partial charge in [0.25, 0.3) is 0 Å². The Balaban J connectivity index is 2.61. The normalized spacial score (nSPS) is 14.7. The lowest BCUT2D eigenvalue weighted by molar-refractivity contribution is 1.31. The molecule has 2 radical (unpaired) electrons. The summed E-state index contributed by atoms with van der Waals surface area (Å²) in [6.07, 6.45) is 3.32. The summed E-state index contributed by atoms with van der Waals surface area (Å²) < 4.78 is 0. The minimum absolute atomic E-state index is 1.08. The fourth-order valence-electron chi connectivity index (χ4n) is 1.32. The first-order valence-electron chi connectivity index (χ1n) is 3.46. The summed E-state index contributed by atoms with van der Waals surface area (Å²) >= 11 is 0. The van der Waals surface area contributed by atoms with Crippen LogP contribution in [0.2, 0.25) is 0 Å². The van der Waals surface area contributed by atoms with Crippen molar-refractivity contribution in [1.29, 1.82) is 0 Å². The summed E-state index contributed by atoms with van der Waals surface area (Å²) in [7, 11) is 0. The van der Waals surface area contributed by atoms with E-state index in [0.29, 0.717) is 0 Å². The van der Waals surface area contributed by atoms with Gasteiger partial charge in [0.1, 0.15) is 0 Å². The van der Waals surface area contributed by atoms with Crippen molar-refractivity contribution in [3.8, 4) is 0 Å². The third kappa shape index (κ3) is 0.688. The summed E-state index contributed by atoms with van der Waals surface area (Å²) in [5.74, 6) is 0. The average molecular weight is 128 g/mol. The molecule has 0 N–H and O–H groups in total. The summed E-state index contributed by atoms with van der Waals surface area (Å²) in [5.41, 5.74) is 4.11. The van der Waals surface area contributed by atoms with Gasteiger partial charge in [-0.05, 0) is 54.3 Å². The van der Waals surface area contributed by atoms with Crippen molar-refractivity contribution in [3.05, 3.63) is 41.5 Å². The second kappa shape index (κ2) is 1.98. The summed E-state index contributed by atoms with van der Waals surface area (Å²) in [5, 5.41) is 0. The van der Waals surface area contributed by atoms with E-state index >= 15 is 0 Å². The van der Waals surface area contributed by atoms with E-state index in [9.17, 15) is 0 Å². The van der Waals surface area contributed by atoms with Gasteiger partial charge in [0, 0.05) is 0 Å². The monoisotopic (exact) mass is 128 g/mol. The SMILES string of the molecule is CC1=CCc2c[c][c]cc21.